The molecule has 0 aromatic carbocycles. The van der Waals surface area contributed by atoms with Crippen LogP contribution in [0.5, 0.6) is 0 Å². The Morgan fingerprint density at radius 1 is 1.62 bits per heavy atom. The lowest BCUT2D eigenvalue weighted by Gasteiger charge is -2.36. The second-order valence-corrected chi connectivity index (χ2v) is 6.47. The first-order valence-corrected chi connectivity index (χ1v) is 7.05. The number of imidazole rings is 1. The fourth-order valence-corrected chi connectivity index (χ4v) is 3.60. The zero-order chi connectivity index (χ0) is 11.6. The van der Waals surface area contributed by atoms with Crippen molar-refractivity contribution in [3.05, 3.63) is 18.2 Å². The van der Waals surface area contributed by atoms with Gasteiger partial charge in [0.1, 0.15) is 5.82 Å². The van der Waals surface area contributed by atoms with Crippen molar-refractivity contribution in [1.29, 1.82) is 0 Å². The molecule has 90 valence electrons. The SMILES string of the molecule is CC(NC1CSCC(C)(C)C1)c1ncc[nH]1. The molecule has 1 saturated heterocycles. The van der Waals surface area contributed by atoms with Gasteiger partial charge in [-0.2, -0.15) is 11.8 Å². The highest BCUT2D eigenvalue weighted by atomic mass is 32.2. The third-order valence-electron chi connectivity index (χ3n) is 3.03. The maximum Gasteiger partial charge on any atom is 0.122 e. The first-order chi connectivity index (χ1) is 7.57. The highest BCUT2D eigenvalue weighted by molar-refractivity contribution is 7.99. The molecule has 0 aliphatic carbocycles. The molecule has 1 aromatic heterocycles. The van der Waals surface area contributed by atoms with Gasteiger partial charge < -0.3 is 10.3 Å². The van der Waals surface area contributed by atoms with E-state index in [1.165, 1.54) is 17.9 Å². The average molecular weight is 239 g/mol. The summed E-state index contributed by atoms with van der Waals surface area (Å²) in [6.45, 7) is 6.88. The zero-order valence-corrected chi connectivity index (χ0v) is 11.1. The Kier molecular flexibility index (Phi) is 3.60. The van der Waals surface area contributed by atoms with Gasteiger partial charge in [-0.3, -0.25) is 0 Å². The van der Waals surface area contributed by atoms with Crippen molar-refractivity contribution in [2.75, 3.05) is 11.5 Å². The summed E-state index contributed by atoms with van der Waals surface area (Å²) in [5, 5.41) is 3.66. The summed E-state index contributed by atoms with van der Waals surface area (Å²) in [6, 6.07) is 0.920. The largest absolute Gasteiger partial charge is 0.347 e. The quantitative estimate of drug-likeness (QED) is 0.852. The molecule has 0 amide bonds. The van der Waals surface area contributed by atoms with Crippen molar-refractivity contribution >= 4 is 11.8 Å². The van der Waals surface area contributed by atoms with Gasteiger partial charge in [0, 0.05) is 24.2 Å². The lowest BCUT2D eigenvalue weighted by Crippen LogP contribution is -2.41. The van der Waals surface area contributed by atoms with Crippen LogP contribution in [0.4, 0.5) is 0 Å². The molecular weight excluding hydrogens is 218 g/mol. The van der Waals surface area contributed by atoms with E-state index < -0.39 is 0 Å². The van der Waals surface area contributed by atoms with Crippen molar-refractivity contribution < 1.29 is 0 Å². The number of rotatable bonds is 3. The Balaban J connectivity index is 1.90. The minimum Gasteiger partial charge on any atom is -0.347 e. The van der Waals surface area contributed by atoms with Crippen LogP contribution >= 0.6 is 11.8 Å². The van der Waals surface area contributed by atoms with Gasteiger partial charge in [-0.15, -0.1) is 0 Å². The molecule has 0 saturated carbocycles. The Morgan fingerprint density at radius 2 is 2.44 bits per heavy atom. The molecule has 2 rings (SSSR count). The minimum atomic E-state index is 0.314. The normalized spacial score (nSPS) is 26.6. The van der Waals surface area contributed by atoms with E-state index in [9.17, 15) is 0 Å². The molecule has 2 N–H and O–H groups in total. The molecule has 0 spiro atoms. The summed E-state index contributed by atoms with van der Waals surface area (Å²) >= 11 is 2.06. The number of nitrogens with zero attached hydrogens (tertiary/aromatic N) is 1. The van der Waals surface area contributed by atoms with Crippen LogP contribution < -0.4 is 5.32 Å². The highest BCUT2D eigenvalue weighted by Crippen LogP contribution is 2.34. The second-order valence-electron chi connectivity index (χ2n) is 5.44. The molecule has 2 unspecified atom stereocenters. The van der Waals surface area contributed by atoms with E-state index in [1.54, 1.807) is 0 Å². The molecule has 2 heterocycles. The number of hydrogen-bond donors (Lipinski definition) is 2. The summed E-state index contributed by atoms with van der Waals surface area (Å²) in [5.41, 5.74) is 0.462. The maximum absolute atomic E-state index is 4.29. The maximum atomic E-state index is 4.29. The second kappa shape index (κ2) is 4.80. The molecule has 0 bridgehead atoms. The molecule has 2 atom stereocenters. The first kappa shape index (κ1) is 12.0. The third-order valence-corrected chi connectivity index (χ3v) is 4.65. The van der Waals surface area contributed by atoms with Gasteiger partial charge in [0.25, 0.3) is 0 Å². The van der Waals surface area contributed by atoms with Gasteiger partial charge in [0.15, 0.2) is 0 Å². The van der Waals surface area contributed by atoms with Gasteiger partial charge in [0.2, 0.25) is 0 Å². The number of hydrogen-bond acceptors (Lipinski definition) is 3. The monoisotopic (exact) mass is 239 g/mol. The van der Waals surface area contributed by atoms with E-state index in [0.29, 0.717) is 17.5 Å². The van der Waals surface area contributed by atoms with Gasteiger partial charge in [-0.1, -0.05) is 13.8 Å². The molecule has 1 aliphatic rings. The molecule has 1 aromatic rings. The van der Waals surface area contributed by atoms with E-state index in [4.69, 9.17) is 0 Å². The Bertz CT molecular complexity index is 321. The third kappa shape index (κ3) is 3.01. The Morgan fingerprint density at radius 3 is 3.06 bits per heavy atom. The van der Waals surface area contributed by atoms with Gasteiger partial charge in [-0.05, 0) is 24.5 Å². The Hall–Kier alpha value is -0.480. The van der Waals surface area contributed by atoms with Crippen LogP contribution in [0.2, 0.25) is 0 Å². The van der Waals surface area contributed by atoms with Crippen LogP contribution in [0.1, 0.15) is 39.1 Å². The fourth-order valence-electron chi connectivity index (χ4n) is 2.32. The smallest absolute Gasteiger partial charge is 0.122 e. The summed E-state index contributed by atoms with van der Waals surface area (Å²) in [6.07, 6.45) is 4.95. The van der Waals surface area contributed by atoms with Crippen molar-refractivity contribution in [2.24, 2.45) is 5.41 Å². The van der Waals surface area contributed by atoms with Gasteiger partial charge in [-0.25, -0.2) is 4.98 Å². The predicted octanol–water partition coefficient (Wildman–Crippen LogP) is 2.59. The van der Waals surface area contributed by atoms with E-state index in [0.717, 1.165) is 5.82 Å². The van der Waals surface area contributed by atoms with Crippen molar-refractivity contribution in [3.8, 4) is 0 Å². The summed E-state index contributed by atoms with van der Waals surface area (Å²) in [4.78, 5) is 7.46. The predicted molar refractivity (Wildman–Crippen MR) is 69.6 cm³/mol. The number of aromatic amines is 1. The van der Waals surface area contributed by atoms with Gasteiger partial charge >= 0.3 is 0 Å². The summed E-state index contributed by atoms with van der Waals surface area (Å²) < 4.78 is 0. The Labute approximate surface area is 102 Å². The molecule has 1 fully saturated rings. The van der Waals surface area contributed by atoms with E-state index in [-0.39, 0.29) is 0 Å². The topological polar surface area (TPSA) is 40.7 Å². The molecular formula is C12H21N3S. The standard InChI is InChI=1S/C12H21N3S/c1-9(11-13-4-5-14-11)15-10-6-12(2,3)8-16-7-10/h4-5,9-10,15H,6-8H2,1-3H3,(H,13,14). The molecule has 4 heteroatoms. The number of aromatic nitrogens is 2. The minimum absolute atomic E-state index is 0.314. The van der Waals surface area contributed by atoms with Crippen molar-refractivity contribution in [1.82, 2.24) is 15.3 Å². The van der Waals surface area contributed by atoms with Crippen molar-refractivity contribution in [3.63, 3.8) is 0 Å². The van der Waals surface area contributed by atoms with Crippen LogP contribution in [0.25, 0.3) is 0 Å². The summed E-state index contributed by atoms with van der Waals surface area (Å²) in [7, 11) is 0. The molecule has 16 heavy (non-hydrogen) atoms. The fraction of sp³-hybridized carbons (Fsp3) is 0.750. The summed E-state index contributed by atoms with van der Waals surface area (Å²) in [5.74, 6) is 3.53. The average Bonchev–Trinajstić information content (AvgIpc) is 2.68. The lowest BCUT2D eigenvalue weighted by molar-refractivity contribution is 0.303. The first-order valence-electron chi connectivity index (χ1n) is 5.90. The van der Waals surface area contributed by atoms with Crippen LogP contribution in [0.3, 0.4) is 0 Å². The van der Waals surface area contributed by atoms with E-state index in [2.05, 4.69) is 47.8 Å². The molecule has 3 nitrogen and oxygen atoms in total. The van der Waals surface area contributed by atoms with Crippen LogP contribution in [-0.2, 0) is 0 Å². The van der Waals surface area contributed by atoms with Crippen LogP contribution in [0.15, 0.2) is 12.4 Å². The van der Waals surface area contributed by atoms with E-state index >= 15 is 0 Å². The highest BCUT2D eigenvalue weighted by Gasteiger charge is 2.29. The van der Waals surface area contributed by atoms with Crippen molar-refractivity contribution in [2.45, 2.75) is 39.3 Å². The number of H-pyrrole nitrogens is 1. The van der Waals surface area contributed by atoms with Gasteiger partial charge in [0.05, 0.1) is 6.04 Å². The number of nitrogens with one attached hydrogen (secondary N) is 2. The van der Waals surface area contributed by atoms with E-state index in [1.807, 2.05) is 12.4 Å². The zero-order valence-electron chi connectivity index (χ0n) is 10.3. The van der Waals surface area contributed by atoms with Crippen LogP contribution in [-0.4, -0.2) is 27.5 Å². The molecule has 1 aliphatic heterocycles. The molecule has 0 radical (unpaired) electrons. The van der Waals surface area contributed by atoms with Crippen LogP contribution in [0, 0.1) is 5.41 Å². The lowest BCUT2D eigenvalue weighted by atomic mass is 9.87. The number of thioether (sulfide) groups is 1.